The predicted octanol–water partition coefficient (Wildman–Crippen LogP) is 2.77. The van der Waals surface area contributed by atoms with E-state index in [0.717, 1.165) is 22.4 Å². The SMILES string of the molecule is [C-]#[N+]c1c(F)ccc([C@@H]2CN3CCN(C(=O)Cc4c(F)cc(-n5cnnn5)cc4F)C[C@H]3CO2)c1C. The molecule has 0 unspecified atom stereocenters. The van der Waals surface area contributed by atoms with Gasteiger partial charge in [-0.15, -0.1) is 5.10 Å². The zero-order chi connectivity index (χ0) is 25.4. The smallest absolute Gasteiger partial charge is 0.227 e. The second kappa shape index (κ2) is 9.67. The van der Waals surface area contributed by atoms with Crippen LogP contribution in [0, 0.1) is 30.9 Å². The van der Waals surface area contributed by atoms with Crippen LogP contribution in [-0.2, 0) is 16.0 Å². The van der Waals surface area contributed by atoms with E-state index in [1.165, 1.54) is 12.4 Å². The molecule has 2 aliphatic heterocycles. The summed E-state index contributed by atoms with van der Waals surface area (Å²) in [4.78, 5) is 20.0. The third-order valence-electron chi connectivity index (χ3n) is 6.80. The van der Waals surface area contributed by atoms with Crippen molar-refractivity contribution in [1.82, 2.24) is 30.0 Å². The molecule has 0 spiro atoms. The van der Waals surface area contributed by atoms with E-state index in [4.69, 9.17) is 11.3 Å². The Labute approximate surface area is 204 Å². The second-order valence-corrected chi connectivity index (χ2v) is 8.85. The van der Waals surface area contributed by atoms with Crippen molar-refractivity contribution in [1.29, 1.82) is 0 Å². The molecule has 9 nitrogen and oxygen atoms in total. The van der Waals surface area contributed by atoms with E-state index in [-0.39, 0.29) is 35.0 Å². The summed E-state index contributed by atoms with van der Waals surface area (Å²) in [7, 11) is 0. The molecular weight excluding hydrogens is 475 g/mol. The number of tetrazole rings is 1. The fraction of sp³-hybridized carbons (Fsp3) is 0.375. The Bertz CT molecular complexity index is 1320. The third-order valence-corrected chi connectivity index (χ3v) is 6.80. The number of rotatable bonds is 4. The molecule has 1 amide bonds. The molecule has 186 valence electrons. The van der Waals surface area contributed by atoms with Crippen molar-refractivity contribution in [3.63, 3.8) is 0 Å². The molecule has 0 radical (unpaired) electrons. The van der Waals surface area contributed by atoms with E-state index in [9.17, 15) is 18.0 Å². The Balaban J connectivity index is 1.24. The molecule has 0 bridgehead atoms. The summed E-state index contributed by atoms with van der Waals surface area (Å²) in [5.41, 5.74) is 1.15. The highest BCUT2D eigenvalue weighted by Gasteiger charge is 2.36. The van der Waals surface area contributed by atoms with Crippen LogP contribution in [0.2, 0.25) is 0 Å². The van der Waals surface area contributed by atoms with Gasteiger partial charge in [0.25, 0.3) is 0 Å². The van der Waals surface area contributed by atoms with Crippen molar-refractivity contribution >= 4 is 11.6 Å². The van der Waals surface area contributed by atoms with Crippen molar-refractivity contribution < 1.29 is 22.7 Å². The number of piperazine rings is 1. The largest absolute Gasteiger partial charge is 0.371 e. The predicted molar refractivity (Wildman–Crippen MR) is 121 cm³/mol. The van der Waals surface area contributed by atoms with Gasteiger partial charge in [0.05, 0.1) is 37.4 Å². The van der Waals surface area contributed by atoms with Crippen LogP contribution in [0.3, 0.4) is 0 Å². The maximum absolute atomic E-state index is 14.7. The summed E-state index contributed by atoms with van der Waals surface area (Å²) in [5, 5.41) is 10.5. The van der Waals surface area contributed by atoms with Gasteiger partial charge < -0.3 is 9.64 Å². The summed E-state index contributed by atoms with van der Waals surface area (Å²) >= 11 is 0. The number of ether oxygens (including phenoxy) is 1. The van der Waals surface area contributed by atoms with Gasteiger partial charge in [0, 0.05) is 43.9 Å². The van der Waals surface area contributed by atoms with Gasteiger partial charge in [0.15, 0.2) is 0 Å². The molecule has 36 heavy (non-hydrogen) atoms. The lowest BCUT2D eigenvalue weighted by Gasteiger charge is -2.46. The number of fused-ring (bicyclic) bond motifs is 1. The average molecular weight is 497 g/mol. The molecule has 5 rings (SSSR count). The molecule has 2 atom stereocenters. The highest BCUT2D eigenvalue weighted by Crippen LogP contribution is 2.34. The van der Waals surface area contributed by atoms with Crippen LogP contribution in [0.4, 0.5) is 18.9 Å². The third kappa shape index (κ3) is 4.43. The van der Waals surface area contributed by atoms with Crippen molar-refractivity contribution in [2.24, 2.45) is 0 Å². The van der Waals surface area contributed by atoms with Crippen molar-refractivity contribution in [2.75, 3.05) is 32.8 Å². The van der Waals surface area contributed by atoms with Gasteiger partial charge in [0.2, 0.25) is 11.6 Å². The molecule has 0 aliphatic carbocycles. The first kappa shape index (κ1) is 23.9. The minimum absolute atomic E-state index is 0.000840. The minimum atomic E-state index is -0.843. The van der Waals surface area contributed by atoms with E-state index in [2.05, 4.69) is 25.3 Å². The Morgan fingerprint density at radius 3 is 2.64 bits per heavy atom. The van der Waals surface area contributed by atoms with Crippen molar-refractivity contribution in [3.05, 3.63) is 76.2 Å². The fourth-order valence-corrected chi connectivity index (χ4v) is 4.80. The van der Waals surface area contributed by atoms with Crippen molar-refractivity contribution in [3.8, 4) is 5.69 Å². The van der Waals surface area contributed by atoms with Gasteiger partial charge in [0.1, 0.15) is 23.8 Å². The topological polar surface area (TPSA) is 80.7 Å². The standard InChI is InChI=1S/C24H22F3N7O2/c1-14-17(3-4-19(25)24(14)28-2)22-11-32-5-6-33(10-16(32)12-36-22)23(35)9-18-20(26)7-15(8-21(18)27)34-13-29-30-31-34/h3-4,7-8,13,16,22H,5-6,9-12H2,1H3/t16-,22-/m0/s1. The number of carbonyl (C=O) groups excluding carboxylic acids is 1. The number of benzene rings is 2. The lowest BCUT2D eigenvalue weighted by atomic mass is 9.98. The normalized spacial score (nSPS) is 20.1. The van der Waals surface area contributed by atoms with Crippen LogP contribution in [0.5, 0.6) is 0 Å². The molecule has 0 N–H and O–H groups in total. The van der Waals surface area contributed by atoms with Crippen LogP contribution in [0.1, 0.15) is 22.8 Å². The average Bonchev–Trinajstić information content (AvgIpc) is 3.41. The summed E-state index contributed by atoms with van der Waals surface area (Å²) in [6.45, 7) is 11.2. The van der Waals surface area contributed by atoms with E-state index >= 15 is 0 Å². The van der Waals surface area contributed by atoms with E-state index in [1.807, 2.05) is 0 Å². The summed E-state index contributed by atoms with van der Waals surface area (Å²) in [6.07, 6.45) is 0.500. The maximum atomic E-state index is 14.7. The first-order valence-corrected chi connectivity index (χ1v) is 11.4. The molecule has 3 heterocycles. The molecule has 12 heteroatoms. The molecule has 2 aromatic carbocycles. The number of amides is 1. The van der Waals surface area contributed by atoms with Gasteiger partial charge in [-0.3, -0.25) is 9.69 Å². The lowest BCUT2D eigenvalue weighted by molar-refractivity contribution is -0.139. The van der Waals surface area contributed by atoms with E-state index < -0.39 is 23.9 Å². The number of carbonyl (C=O) groups is 1. The number of hydrogen-bond acceptors (Lipinski definition) is 6. The summed E-state index contributed by atoms with van der Waals surface area (Å²) < 4.78 is 50.4. The monoisotopic (exact) mass is 497 g/mol. The number of aromatic nitrogens is 4. The highest BCUT2D eigenvalue weighted by molar-refractivity contribution is 5.79. The Morgan fingerprint density at radius 2 is 1.94 bits per heavy atom. The molecule has 3 aromatic rings. The van der Waals surface area contributed by atoms with Crippen molar-refractivity contribution in [2.45, 2.75) is 25.5 Å². The molecular formula is C24H22F3N7O2. The van der Waals surface area contributed by atoms with Gasteiger partial charge in [-0.1, -0.05) is 6.07 Å². The minimum Gasteiger partial charge on any atom is -0.371 e. The zero-order valence-corrected chi connectivity index (χ0v) is 19.4. The van der Waals surface area contributed by atoms with Gasteiger partial charge in [-0.05, 0) is 34.5 Å². The first-order valence-electron chi connectivity index (χ1n) is 11.4. The quantitative estimate of drug-likeness (QED) is 0.516. The molecule has 2 saturated heterocycles. The maximum Gasteiger partial charge on any atom is 0.227 e. The molecule has 2 aliphatic rings. The lowest BCUT2D eigenvalue weighted by Crippen LogP contribution is -2.59. The molecule has 1 aromatic heterocycles. The number of morpholine rings is 1. The fourth-order valence-electron chi connectivity index (χ4n) is 4.80. The number of hydrogen-bond donors (Lipinski definition) is 0. The van der Waals surface area contributed by atoms with Crippen LogP contribution in [0.25, 0.3) is 10.5 Å². The highest BCUT2D eigenvalue weighted by atomic mass is 19.1. The van der Waals surface area contributed by atoms with Crippen LogP contribution < -0.4 is 0 Å². The van der Waals surface area contributed by atoms with E-state index in [0.29, 0.717) is 38.3 Å². The number of halogens is 3. The van der Waals surface area contributed by atoms with Crippen LogP contribution in [0.15, 0.2) is 30.6 Å². The zero-order valence-electron chi connectivity index (χ0n) is 19.4. The molecule has 2 fully saturated rings. The molecule has 0 saturated carbocycles. The van der Waals surface area contributed by atoms with E-state index in [1.54, 1.807) is 17.9 Å². The Kier molecular flexibility index (Phi) is 6.42. The van der Waals surface area contributed by atoms with Gasteiger partial charge in [-0.25, -0.2) is 22.7 Å². The van der Waals surface area contributed by atoms with Crippen LogP contribution >= 0.6 is 0 Å². The van der Waals surface area contributed by atoms with Gasteiger partial charge >= 0.3 is 0 Å². The Hall–Kier alpha value is -3.82. The Morgan fingerprint density at radius 1 is 1.17 bits per heavy atom. The number of nitrogens with zero attached hydrogens (tertiary/aromatic N) is 7. The summed E-state index contributed by atoms with van der Waals surface area (Å²) in [6, 6.07) is 5.04. The second-order valence-electron chi connectivity index (χ2n) is 8.85. The van der Waals surface area contributed by atoms with Crippen LogP contribution in [-0.4, -0.2) is 74.7 Å². The first-order chi connectivity index (χ1) is 17.4. The summed E-state index contributed by atoms with van der Waals surface area (Å²) in [5.74, 6) is -2.61. The van der Waals surface area contributed by atoms with Gasteiger partial charge in [-0.2, -0.15) is 0 Å².